The van der Waals surface area contributed by atoms with Gasteiger partial charge in [0.15, 0.2) is 0 Å². The van der Waals surface area contributed by atoms with Gasteiger partial charge in [0.1, 0.15) is 11.7 Å². The van der Waals surface area contributed by atoms with Gasteiger partial charge in [-0.05, 0) is 44.2 Å². The number of aromatic nitrogens is 1. The van der Waals surface area contributed by atoms with Crippen LogP contribution in [-0.2, 0) is 11.2 Å². The van der Waals surface area contributed by atoms with Crippen LogP contribution in [0.3, 0.4) is 0 Å². The molecule has 1 saturated heterocycles. The number of hydrogen-bond donors (Lipinski definition) is 2. The lowest BCUT2D eigenvalue weighted by molar-refractivity contribution is 0.0533. The first-order valence-corrected chi connectivity index (χ1v) is 10.9. The van der Waals surface area contributed by atoms with Crippen LogP contribution in [-0.4, -0.2) is 55.1 Å². The van der Waals surface area contributed by atoms with Gasteiger partial charge in [-0.25, -0.2) is 4.98 Å². The Morgan fingerprint density at radius 2 is 2.10 bits per heavy atom. The van der Waals surface area contributed by atoms with Crippen LogP contribution in [0.25, 0.3) is 0 Å². The summed E-state index contributed by atoms with van der Waals surface area (Å²) in [6, 6.07) is 2.82. The number of pyridine rings is 1. The molecule has 160 valence electrons. The largest absolute Gasteiger partial charge is 0.387 e. The van der Waals surface area contributed by atoms with E-state index in [1.54, 1.807) is 14.0 Å². The van der Waals surface area contributed by atoms with E-state index in [4.69, 9.17) is 10.5 Å². The standard InChI is InChI=1S/C22H35N5O2/c1-4-16-12-18(22(28)25-15(2)23)21(24-13-16)27-11-10-19(20(14-27)29-3)26-17-8-6-5-7-9-17/h12-13,17,19-20,26H,4-11,14H2,1-3H3,(H2,23,25,28). The second-order valence-corrected chi connectivity index (χ2v) is 8.24. The van der Waals surface area contributed by atoms with Crippen molar-refractivity contribution in [1.82, 2.24) is 10.3 Å². The first-order valence-electron chi connectivity index (χ1n) is 10.9. The number of nitrogens with one attached hydrogen (secondary N) is 1. The summed E-state index contributed by atoms with van der Waals surface area (Å²) in [5.41, 5.74) is 7.18. The molecule has 0 aromatic carbocycles. The molecule has 2 aliphatic rings. The van der Waals surface area contributed by atoms with Crippen LogP contribution >= 0.6 is 0 Å². The number of aliphatic imine (C=N–C) groups is 1. The van der Waals surface area contributed by atoms with Crippen LogP contribution in [0.2, 0.25) is 0 Å². The van der Waals surface area contributed by atoms with Crippen LogP contribution in [0, 0.1) is 0 Å². The van der Waals surface area contributed by atoms with E-state index in [1.165, 1.54) is 32.1 Å². The zero-order valence-corrected chi connectivity index (χ0v) is 18.0. The second kappa shape index (κ2) is 10.2. The molecule has 2 fully saturated rings. The number of aryl methyl sites for hydroxylation is 1. The molecule has 0 spiro atoms. The Kier molecular flexibility index (Phi) is 7.61. The highest BCUT2D eigenvalue weighted by Gasteiger charge is 2.33. The third kappa shape index (κ3) is 5.54. The molecular weight excluding hydrogens is 366 g/mol. The molecule has 1 amide bonds. The zero-order valence-electron chi connectivity index (χ0n) is 18.0. The van der Waals surface area contributed by atoms with Gasteiger partial charge in [0.05, 0.1) is 11.7 Å². The minimum absolute atomic E-state index is 0.0565. The summed E-state index contributed by atoms with van der Waals surface area (Å²) in [7, 11) is 1.77. The van der Waals surface area contributed by atoms with Crippen molar-refractivity contribution in [2.75, 3.05) is 25.1 Å². The molecule has 7 nitrogen and oxygen atoms in total. The highest BCUT2D eigenvalue weighted by molar-refractivity contribution is 6.05. The van der Waals surface area contributed by atoms with Gasteiger partial charge in [-0.2, -0.15) is 4.99 Å². The topological polar surface area (TPSA) is 92.8 Å². The van der Waals surface area contributed by atoms with Gasteiger partial charge in [-0.15, -0.1) is 0 Å². The smallest absolute Gasteiger partial charge is 0.282 e. The molecule has 7 heteroatoms. The van der Waals surface area contributed by atoms with E-state index in [1.807, 2.05) is 19.2 Å². The number of ether oxygens (including phenoxy) is 1. The van der Waals surface area contributed by atoms with E-state index < -0.39 is 0 Å². The zero-order chi connectivity index (χ0) is 20.8. The maximum Gasteiger partial charge on any atom is 0.282 e. The number of hydrogen-bond acceptors (Lipinski definition) is 5. The van der Waals surface area contributed by atoms with Crippen LogP contribution in [0.15, 0.2) is 17.3 Å². The summed E-state index contributed by atoms with van der Waals surface area (Å²) < 4.78 is 5.84. The van der Waals surface area contributed by atoms with E-state index in [9.17, 15) is 4.79 Å². The number of carbonyl (C=O) groups excluding carboxylic acids is 1. The summed E-state index contributed by atoms with van der Waals surface area (Å²) in [5.74, 6) is 0.600. The molecule has 1 aliphatic carbocycles. The number of methoxy groups -OCH3 is 1. The maximum absolute atomic E-state index is 12.7. The van der Waals surface area contributed by atoms with Crippen LogP contribution in [0.1, 0.15) is 68.3 Å². The molecule has 0 bridgehead atoms. The molecular formula is C22H35N5O2. The van der Waals surface area contributed by atoms with E-state index in [0.717, 1.165) is 24.9 Å². The molecule has 1 aromatic heterocycles. The predicted molar refractivity (Wildman–Crippen MR) is 117 cm³/mol. The number of rotatable bonds is 6. The molecule has 0 radical (unpaired) electrons. The third-order valence-corrected chi connectivity index (χ3v) is 6.06. The highest BCUT2D eigenvalue weighted by atomic mass is 16.5. The monoisotopic (exact) mass is 401 g/mol. The minimum atomic E-state index is -0.334. The van der Waals surface area contributed by atoms with E-state index in [0.29, 0.717) is 30.0 Å². The average molecular weight is 402 g/mol. The van der Waals surface area contributed by atoms with Gasteiger partial charge in [0.25, 0.3) is 5.91 Å². The normalized spacial score (nSPS) is 24.0. The van der Waals surface area contributed by atoms with E-state index >= 15 is 0 Å². The number of amidine groups is 1. The van der Waals surface area contributed by atoms with Gasteiger partial charge >= 0.3 is 0 Å². The molecule has 1 saturated carbocycles. The van der Waals surface area contributed by atoms with Crippen molar-refractivity contribution in [1.29, 1.82) is 0 Å². The SMILES string of the molecule is CCc1cnc(N2CCC(NC3CCCCC3)C(OC)C2)c(C(=O)N=C(C)N)c1. The summed E-state index contributed by atoms with van der Waals surface area (Å²) in [4.78, 5) is 23.4. The third-order valence-electron chi connectivity index (χ3n) is 6.06. The molecule has 29 heavy (non-hydrogen) atoms. The number of amides is 1. The van der Waals surface area contributed by atoms with Crippen molar-refractivity contribution < 1.29 is 9.53 Å². The summed E-state index contributed by atoms with van der Waals surface area (Å²) >= 11 is 0. The molecule has 2 unspecified atom stereocenters. The second-order valence-electron chi connectivity index (χ2n) is 8.24. The van der Waals surface area contributed by atoms with Crippen molar-refractivity contribution in [3.63, 3.8) is 0 Å². The maximum atomic E-state index is 12.7. The Hall–Kier alpha value is -1.99. The molecule has 1 aromatic rings. The van der Waals surface area contributed by atoms with Gasteiger partial charge in [-0.1, -0.05) is 26.2 Å². The van der Waals surface area contributed by atoms with Crippen LogP contribution in [0.4, 0.5) is 5.82 Å². The van der Waals surface area contributed by atoms with Gasteiger partial charge < -0.3 is 20.7 Å². The van der Waals surface area contributed by atoms with Gasteiger partial charge in [0, 0.05) is 38.5 Å². The quantitative estimate of drug-likeness (QED) is 0.562. The predicted octanol–water partition coefficient (Wildman–Crippen LogP) is 2.68. The fourth-order valence-corrected chi connectivity index (χ4v) is 4.43. The average Bonchev–Trinajstić information content (AvgIpc) is 2.74. The van der Waals surface area contributed by atoms with Gasteiger partial charge in [-0.3, -0.25) is 4.79 Å². The molecule has 3 N–H and O–H groups in total. The number of nitrogens with zero attached hydrogens (tertiary/aromatic N) is 3. The first kappa shape index (κ1) is 21.7. The van der Waals surface area contributed by atoms with Crippen molar-refractivity contribution in [3.8, 4) is 0 Å². The minimum Gasteiger partial charge on any atom is -0.387 e. The van der Waals surface area contributed by atoms with Crippen LogP contribution in [0.5, 0.6) is 0 Å². The Bertz CT molecular complexity index is 726. The molecule has 2 heterocycles. The van der Waals surface area contributed by atoms with E-state index in [2.05, 4.69) is 20.2 Å². The Morgan fingerprint density at radius 1 is 1.34 bits per heavy atom. The highest BCUT2D eigenvalue weighted by Crippen LogP contribution is 2.26. The number of piperidine rings is 1. The number of carbonyl (C=O) groups is 1. The fourth-order valence-electron chi connectivity index (χ4n) is 4.43. The molecule has 1 aliphatic heterocycles. The van der Waals surface area contributed by atoms with Crippen molar-refractivity contribution in [2.45, 2.75) is 77.0 Å². The summed E-state index contributed by atoms with van der Waals surface area (Å²) in [6.07, 6.45) is 10.2. The lowest BCUT2D eigenvalue weighted by Gasteiger charge is -2.41. The Labute approximate surface area is 174 Å². The Balaban J connectivity index is 1.77. The van der Waals surface area contributed by atoms with Crippen molar-refractivity contribution in [3.05, 3.63) is 23.4 Å². The molecule has 3 rings (SSSR count). The fraction of sp³-hybridized carbons (Fsp3) is 0.682. The lowest BCUT2D eigenvalue weighted by Crippen LogP contribution is -2.56. The van der Waals surface area contributed by atoms with Crippen LogP contribution < -0.4 is 16.0 Å². The first-order chi connectivity index (χ1) is 14.0. The van der Waals surface area contributed by atoms with Crippen molar-refractivity contribution in [2.24, 2.45) is 10.7 Å². The van der Waals surface area contributed by atoms with E-state index in [-0.39, 0.29) is 17.8 Å². The van der Waals surface area contributed by atoms with Crippen molar-refractivity contribution >= 4 is 17.6 Å². The Morgan fingerprint density at radius 3 is 2.76 bits per heavy atom. The summed E-state index contributed by atoms with van der Waals surface area (Å²) in [6.45, 7) is 5.20. The lowest BCUT2D eigenvalue weighted by atomic mass is 9.92. The number of anilines is 1. The van der Waals surface area contributed by atoms with Gasteiger partial charge in [0.2, 0.25) is 0 Å². The summed E-state index contributed by atoms with van der Waals surface area (Å²) in [5, 5.41) is 3.84. The molecule has 2 atom stereocenters. The number of nitrogens with two attached hydrogens (primary N) is 1.